The zero-order chi connectivity index (χ0) is 18.0. The van der Waals surface area contributed by atoms with Crippen LogP contribution in [0.1, 0.15) is 23.3 Å². The second-order valence-corrected chi connectivity index (χ2v) is 5.85. The molecule has 1 unspecified atom stereocenters. The SMILES string of the molecule is O=C(O)C1CCCN(C(=O)c2ccn(-c3ccc([N+](=O)[O-])cc3)n2)C1. The smallest absolute Gasteiger partial charge is 0.308 e. The molecule has 3 rings (SSSR count). The van der Waals surface area contributed by atoms with Crippen LogP contribution in [0.5, 0.6) is 0 Å². The topological polar surface area (TPSA) is 119 Å². The lowest BCUT2D eigenvalue weighted by Crippen LogP contribution is -2.42. The number of carbonyl (C=O) groups excluding carboxylic acids is 1. The zero-order valence-corrected chi connectivity index (χ0v) is 13.2. The minimum absolute atomic E-state index is 0.0276. The first-order chi connectivity index (χ1) is 12.0. The van der Waals surface area contributed by atoms with Crippen LogP contribution in [0.4, 0.5) is 5.69 Å². The molecule has 0 bridgehead atoms. The monoisotopic (exact) mass is 344 g/mol. The largest absolute Gasteiger partial charge is 0.481 e. The van der Waals surface area contributed by atoms with Crippen molar-refractivity contribution in [2.45, 2.75) is 12.8 Å². The number of likely N-dealkylation sites (tertiary alicyclic amines) is 1. The van der Waals surface area contributed by atoms with Gasteiger partial charge in [0.1, 0.15) is 0 Å². The highest BCUT2D eigenvalue weighted by molar-refractivity contribution is 5.92. The summed E-state index contributed by atoms with van der Waals surface area (Å²) in [6.07, 6.45) is 2.80. The molecule has 1 aromatic carbocycles. The van der Waals surface area contributed by atoms with Crippen molar-refractivity contribution in [3.63, 3.8) is 0 Å². The molecule has 25 heavy (non-hydrogen) atoms. The standard InChI is InChI=1S/C16H16N4O5/c21-15(18-8-1-2-11(10-18)16(22)23)14-7-9-19(17-14)12-3-5-13(6-4-12)20(24)25/h3-7,9,11H,1-2,8,10H2,(H,22,23). The fourth-order valence-corrected chi connectivity index (χ4v) is 2.83. The van der Waals surface area contributed by atoms with Gasteiger partial charge in [-0.15, -0.1) is 0 Å². The second-order valence-electron chi connectivity index (χ2n) is 5.85. The van der Waals surface area contributed by atoms with E-state index in [0.717, 1.165) is 0 Å². The van der Waals surface area contributed by atoms with Crippen LogP contribution >= 0.6 is 0 Å². The molecule has 2 heterocycles. The Morgan fingerprint density at radius 2 is 1.96 bits per heavy atom. The third kappa shape index (κ3) is 3.49. The van der Waals surface area contributed by atoms with Crippen LogP contribution in [-0.4, -0.2) is 49.7 Å². The fraction of sp³-hybridized carbons (Fsp3) is 0.312. The Hall–Kier alpha value is -3.23. The van der Waals surface area contributed by atoms with E-state index in [1.165, 1.54) is 21.7 Å². The van der Waals surface area contributed by atoms with Gasteiger partial charge in [0, 0.05) is 31.4 Å². The lowest BCUT2D eigenvalue weighted by Gasteiger charge is -2.30. The van der Waals surface area contributed by atoms with Crippen LogP contribution in [-0.2, 0) is 4.79 Å². The molecule has 1 aromatic heterocycles. The Bertz CT molecular complexity index is 814. The van der Waals surface area contributed by atoms with Gasteiger partial charge in [0.25, 0.3) is 11.6 Å². The normalized spacial score (nSPS) is 17.3. The molecular formula is C16H16N4O5. The van der Waals surface area contributed by atoms with Crippen molar-refractivity contribution >= 4 is 17.6 Å². The predicted octanol–water partition coefficient (Wildman–Crippen LogP) is 1.72. The van der Waals surface area contributed by atoms with Gasteiger partial charge in [0.15, 0.2) is 5.69 Å². The molecule has 130 valence electrons. The number of hydrogen-bond donors (Lipinski definition) is 1. The van der Waals surface area contributed by atoms with Gasteiger partial charge in [-0.2, -0.15) is 5.10 Å². The van der Waals surface area contributed by atoms with Crippen molar-refractivity contribution in [2.75, 3.05) is 13.1 Å². The molecule has 1 aliphatic heterocycles. The second kappa shape index (κ2) is 6.71. The molecule has 9 nitrogen and oxygen atoms in total. The van der Waals surface area contributed by atoms with Gasteiger partial charge in [-0.05, 0) is 31.0 Å². The van der Waals surface area contributed by atoms with E-state index in [1.54, 1.807) is 24.4 Å². The van der Waals surface area contributed by atoms with Gasteiger partial charge in [0.2, 0.25) is 0 Å². The van der Waals surface area contributed by atoms with Crippen molar-refractivity contribution < 1.29 is 19.6 Å². The van der Waals surface area contributed by atoms with E-state index in [9.17, 15) is 19.7 Å². The van der Waals surface area contributed by atoms with Crippen LogP contribution in [0.25, 0.3) is 5.69 Å². The molecule has 1 amide bonds. The summed E-state index contributed by atoms with van der Waals surface area (Å²) in [5.74, 6) is -1.75. The number of piperidine rings is 1. The Balaban J connectivity index is 1.75. The summed E-state index contributed by atoms with van der Waals surface area (Å²) >= 11 is 0. The summed E-state index contributed by atoms with van der Waals surface area (Å²) in [4.78, 5) is 35.3. The van der Waals surface area contributed by atoms with E-state index in [-0.39, 0.29) is 23.8 Å². The third-order valence-corrected chi connectivity index (χ3v) is 4.19. The van der Waals surface area contributed by atoms with Crippen LogP contribution in [0, 0.1) is 16.0 Å². The average molecular weight is 344 g/mol. The van der Waals surface area contributed by atoms with Crippen LogP contribution in [0.3, 0.4) is 0 Å². The maximum Gasteiger partial charge on any atom is 0.308 e. The van der Waals surface area contributed by atoms with E-state index in [1.807, 2.05) is 0 Å². The summed E-state index contributed by atoms with van der Waals surface area (Å²) in [5.41, 5.74) is 0.774. The summed E-state index contributed by atoms with van der Waals surface area (Å²) < 4.78 is 1.45. The fourth-order valence-electron chi connectivity index (χ4n) is 2.83. The first kappa shape index (κ1) is 16.6. The van der Waals surface area contributed by atoms with Gasteiger partial charge < -0.3 is 10.0 Å². The molecular weight excluding hydrogens is 328 g/mol. The van der Waals surface area contributed by atoms with Crippen molar-refractivity contribution in [1.82, 2.24) is 14.7 Å². The van der Waals surface area contributed by atoms with Gasteiger partial charge >= 0.3 is 5.97 Å². The maximum atomic E-state index is 12.5. The van der Waals surface area contributed by atoms with Crippen LogP contribution < -0.4 is 0 Å². The van der Waals surface area contributed by atoms with Crippen LogP contribution in [0.2, 0.25) is 0 Å². The number of amides is 1. The number of carbonyl (C=O) groups is 2. The number of nitro benzene ring substituents is 1. The van der Waals surface area contributed by atoms with Gasteiger partial charge in [-0.3, -0.25) is 19.7 Å². The molecule has 0 spiro atoms. The highest BCUT2D eigenvalue weighted by Crippen LogP contribution is 2.19. The summed E-state index contributed by atoms with van der Waals surface area (Å²) in [5, 5.41) is 24.0. The van der Waals surface area contributed by atoms with E-state index in [4.69, 9.17) is 5.11 Å². The van der Waals surface area contributed by atoms with E-state index < -0.39 is 16.8 Å². The number of non-ortho nitro benzene ring substituents is 1. The Morgan fingerprint density at radius 1 is 1.24 bits per heavy atom. The molecule has 9 heteroatoms. The minimum atomic E-state index is -0.895. The summed E-state index contributed by atoms with van der Waals surface area (Å²) in [6, 6.07) is 7.36. The molecule has 0 radical (unpaired) electrons. The number of rotatable bonds is 4. The number of carboxylic acid groups (broad SMARTS) is 1. The molecule has 0 aliphatic carbocycles. The number of benzene rings is 1. The van der Waals surface area contributed by atoms with Gasteiger partial charge in [0.05, 0.1) is 16.5 Å². The molecule has 1 atom stereocenters. The van der Waals surface area contributed by atoms with E-state index >= 15 is 0 Å². The Morgan fingerprint density at radius 3 is 2.60 bits per heavy atom. The van der Waals surface area contributed by atoms with Crippen molar-refractivity contribution in [3.05, 3.63) is 52.3 Å². The Labute approximate surface area is 142 Å². The number of nitrogens with zero attached hydrogens (tertiary/aromatic N) is 4. The number of aliphatic carboxylic acids is 1. The molecule has 1 fully saturated rings. The number of hydrogen-bond acceptors (Lipinski definition) is 5. The highest BCUT2D eigenvalue weighted by atomic mass is 16.6. The lowest BCUT2D eigenvalue weighted by atomic mass is 9.98. The number of carboxylic acids is 1. The van der Waals surface area contributed by atoms with Crippen molar-refractivity contribution in [1.29, 1.82) is 0 Å². The van der Waals surface area contributed by atoms with Gasteiger partial charge in [-0.25, -0.2) is 4.68 Å². The van der Waals surface area contributed by atoms with Crippen LogP contribution in [0.15, 0.2) is 36.5 Å². The van der Waals surface area contributed by atoms with E-state index in [0.29, 0.717) is 25.1 Å². The highest BCUT2D eigenvalue weighted by Gasteiger charge is 2.29. The molecule has 0 saturated carbocycles. The Kier molecular flexibility index (Phi) is 4.46. The van der Waals surface area contributed by atoms with Crippen molar-refractivity contribution in [3.8, 4) is 5.69 Å². The lowest BCUT2D eigenvalue weighted by molar-refractivity contribution is -0.384. The first-order valence-corrected chi connectivity index (χ1v) is 7.78. The van der Waals surface area contributed by atoms with Crippen molar-refractivity contribution in [2.24, 2.45) is 5.92 Å². The van der Waals surface area contributed by atoms with E-state index in [2.05, 4.69) is 5.10 Å². The van der Waals surface area contributed by atoms with Gasteiger partial charge in [-0.1, -0.05) is 0 Å². The quantitative estimate of drug-likeness (QED) is 0.666. The summed E-state index contributed by atoms with van der Waals surface area (Å²) in [6.45, 7) is 0.686. The zero-order valence-electron chi connectivity index (χ0n) is 13.2. The first-order valence-electron chi connectivity index (χ1n) is 7.78. The summed E-state index contributed by atoms with van der Waals surface area (Å²) in [7, 11) is 0. The molecule has 1 aliphatic rings. The minimum Gasteiger partial charge on any atom is -0.481 e. The maximum absolute atomic E-state index is 12.5. The molecule has 1 saturated heterocycles. The molecule has 2 aromatic rings. The third-order valence-electron chi connectivity index (χ3n) is 4.19. The number of nitro groups is 1. The molecule has 1 N–H and O–H groups in total. The number of aromatic nitrogens is 2. The average Bonchev–Trinajstić information content (AvgIpc) is 3.11. The predicted molar refractivity (Wildman–Crippen MR) is 86.5 cm³/mol.